The lowest BCUT2D eigenvalue weighted by Crippen LogP contribution is -2.61. The number of hydrogen-bond acceptors (Lipinski definition) is 13. The summed E-state index contributed by atoms with van der Waals surface area (Å²) in [5.74, 6) is -8.37. The maximum Gasteiger partial charge on any atom is 0.245 e. The number of rotatable bonds is 22. The van der Waals surface area contributed by atoms with Crippen LogP contribution in [0.2, 0.25) is 0 Å². The van der Waals surface area contributed by atoms with Gasteiger partial charge in [-0.3, -0.25) is 38.4 Å². The van der Waals surface area contributed by atoms with Gasteiger partial charge in [-0.15, -0.1) is 0 Å². The van der Waals surface area contributed by atoms with E-state index < -0.39 is 122 Å². The van der Waals surface area contributed by atoms with Crippen LogP contribution in [0, 0.1) is 5.92 Å². The molecule has 8 atom stereocenters. The van der Waals surface area contributed by atoms with Gasteiger partial charge in [-0.1, -0.05) is 20.3 Å². The number of primary amides is 1. The first-order valence-corrected chi connectivity index (χ1v) is 14.9. The van der Waals surface area contributed by atoms with E-state index in [0.29, 0.717) is 12.7 Å². The average Bonchev–Trinajstić information content (AvgIpc) is 3.04. The second-order valence-corrected chi connectivity index (χ2v) is 10.8. The van der Waals surface area contributed by atoms with Crippen molar-refractivity contribution in [3.63, 3.8) is 0 Å². The first-order chi connectivity index (χ1) is 22.5. The highest BCUT2D eigenvalue weighted by atomic mass is 16.3. The highest BCUT2D eigenvalue weighted by Gasteiger charge is 2.34. The normalized spacial score (nSPS) is 15.8. The summed E-state index contributed by atoms with van der Waals surface area (Å²) >= 11 is 0. The molecule has 0 unspecified atom stereocenters. The maximum absolute atomic E-state index is 13.1. The molecule has 0 spiro atoms. The van der Waals surface area contributed by atoms with Crippen molar-refractivity contribution in [2.75, 3.05) is 26.4 Å². The predicted octanol–water partition coefficient (Wildman–Crippen LogP) is -7.52. The van der Waals surface area contributed by atoms with Gasteiger partial charge >= 0.3 is 0 Å². The fourth-order valence-corrected chi connectivity index (χ4v) is 3.73. The first kappa shape index (κ1) is 43.3. The topological polar surface area (TPSA) is 351 Å². The minimum absolute atomic E-state index is 0.330. The number of aliphatic hydroxyl groups excluding tert-OH is 3. The lowest BCUT2D eigenvalue weighted by Gasteiger charge is -2.28. The van der Waals surface area contributed by atoms with Gasteiger partial charge in [0.15, 0.2) is 0 Å². The summed E-state index contributed by atoms with van der Waals surface area (Å²) in [4.78, 5) is 110. The van der Waals surface area contributed by atoms with Crippen molar-refractivity contribution in [3.8, 4) is 0 Å². The number of carbonyl (C=O) groups excluding carboxylic acids is 9. The van der Waals surface area contributed by atoms with Gasteiger partial charge in [-0.2, -0.15) is 0 Å². The number of carbonyl (C=O) groups is 9. The van der Waals surface area contributed by atoms with E-state index in [9.17, 15) is 58.5 Å². The minimum atomic E-state index is -1.73. The van der Waals surface area contributed by atoms with E-state index in [2.05, 4.69) is 37.2 Å². The SMILES string of the molecule is CC[C@H](C)[C@H](NC(=O)[C@H](CO)NC(=O)[C@H](CC(N)=O)NC(=O)[C@H](CO)NC(=O)[C@H](C)N)C(=O)N[C@@H](C)C(=O)N[C@@H](CO)C(=O)NCC=O. The Labute approximate surface area is 276 Å². The Hall–Kier alpha value is -4.73. The summed E-state index contributed by atoms with van der Waals surface area (Å²) in [6.45, 7) is 2.75. The molecule has 0 aromatic heterocycles. The van der Waals surface area contributed by atoms with Gasteiger partial charge in [-0.05, 0) is 19.8 Å². The zero-order chi connectivity index (χ0) is 37.1. The number of hydrogen-bond donors (Lipinski definition) is 12. The Kier molecular flexibility index (Phi) is 19.8. The molecule has 0 fully saturated rings. The molecule has 0 saturated heterocycles. The molecule has 272 valence electrons. The van der Waals surface area contributed by atoms with Crippen LogP contribution < -0.4 is 48.7 Å². The van der Waals surface area contributed by atoms with Gasteiger partial charge < -0.3 is 68.8 Å². The van der Waals surface area contributed by atoms with Gasteiger partial charge in [0.1, 0.15) is 42.5 Å². The zero-order valence-corrected chi connectivity index (χ0v) is 27.1. The van der Waals surface area contributed by atoms with Crippen molar-refractivity contribution in [1.29, 1.82) is 0 Å². The van der Waals surface area contributed by atoms with Crippen LogP contribution in [-0.4, -0.2) is 138 Å². The van der Waals surface area contributed by atoms with Crippen molar-refractivity contribution in [2.45, 2.75) is 82.8 Å². The van der Waals surface area contributed by atoms with E-state index in [0.717, 1.165) is 0 Å². The molecular formula is C27H47N9O12. The second kappa shape index (κ2) is 22.0. The summed E-state index contributed by atoms with van der Waals surface area (Å²) in [5, 5.41) is 44.3. The summed E-state index contributed by atoms with van der Waals surface area (Å²) in [5.41, 5.74) is 10.6. The molecule has 21 heteroatoms. The Bertz CT molecular complexity index is 1170. The van der Waals surface area contributed by atoms with Crippen molar-refractivity contribution in [3.05, 3.63) is 0 Å². The van der Waals surface area contributed by atoms with Crippen LogP contribution in [0.1, 0.15) is 40.5 Å². The average molecular weight is 690 g/mol. The molecule has 14 N–H and O–H groups in total. The lowest BCUT2D eigenvalue weighted by molar-refractivity contribution is -0.137. The summed E-state index contributed by atoms with van der Waals surface area (Å²) < 4.78 is 0. The van der Waals surface area contributed by atoms with Crippen LogP contribution in [0.15, 0.2) is 0 Å². The van der Waals surface area contributed by atoms with Crippen LogP contribution in [0.5, 0.6) is 0 Å². The van der Waals surface area contributed by atoms with Crippen molar-refractivity contribution in [2.24, 2.45) is 17.4 Å². The van der Waals surface area contributed by atoms with Crippen LogP contribution >= 0.6 is 0 Å². The van der Waals surface area contributed by atoms with Crippen molar-refractivity contribution in [1.82, 2.24) is 37.2 Å². The van der Waals surface area contributed by atoms with E-state index >= 15 is 0 Å². The third-order valence-corrected chi connectivity index (χ3v) is 6.80. The molecule has 0 rings (SSSR count). The molecule has 0 bridgehead atoms. The summed E-state index contributed by atoms with van der Waals surface area (Å²) in [6.07, 6.45) is -0.0624. The first-order valence-electron chi connectivity index (χ1n) is 14.9. The van der Waals surface area contributed by atoms with E-state index in [1.165, 1.54) is 13.8 Å². The number of nitrogens with two attached hydrogens (primary N) is 2. The second-order valence-electron chi connectivity index (χ2n) is 10.8. The van der Waals surface area contributed by atoms with Crippen LogP contribution in [0.25, 0.3) is 0 Å². The van der Waals surface area contributed by atoms with E-state index in [4.69, 9.17) is 11.5 Å². The molecular weight excluding hydrogens is 642 g/mol. The van der Waals surface area contributed by atoms with Crippen LogP contribution in [-0.2, 0) is 43.2 Å². The summed E-state index contributed by atoms with van der Waals surface area (Å²) in [6, 6.07) is -10.1. The van der Waals surface area contributed by atoms with Crippen molar-refractivity contribution >= 4 is 53.5 Å². The molecule has 48 heavy (non-hydrogen) atoms. The van der Waals surface area contributed by atoms with E-state index in [1.807, 2.05) is 0 Å². The maximum atomic E-state index is 13.1. The quantitative estimate of drug-likeness (QED) is 0.0471. The highest BCUT2D eigenvalue weighted by molar-refractivity contribution is 5.98. The van der Waals surface area contributed by atoms with E-state index in [-0.39, 0.29) is 6.54 Å². The lowest BCUT2D eigenvalue weighted by atomic mass is 9.97. The third kappa shape index (κ3) is 14.8. The number of amides is 8. The van der Waals surface area contributed by atoms with Crippen molar-refractivity contribution < 1.29 is 58.5 Å². The predicted molar refractivity (Wildman–Crippen MR) is 165 cm³/mol. The molecule has 0 aliphatic rings. The highest BCUT2D eigenvalue weighted by Crippen LogP contribution is 2.09. The van der Waals surface area contributed by atoms with Gasteiger partial charge in [0.2, 0.25) is 47.3 Å². The van der Waals surface area contributed by atoms with Gasteiger partial charge in [-0.25, -0.2) is 0 Å². The Morgan fingerprint density at radius 3 is 1.52 bits per heavy atom. The Morgan fingerprint density at radius 2 is 1.06 bits per heavy atom. The fraction of sp³-hybridized carbons (Fsp3) is 0.667. The summed E-state index contributed by atoms with van der Waals surface area (Å²) in [7, 11) is 0. The molecule has 0 saturated carbocycles. The van der Waals surface area contributed by atoms with Gasteiger partial charge in [0.05, 0.1) is 38.8 Å². The number of aldehydes is 1. The third-order valence-electron chi connectivity index (χ3n) is 6.80. The fourth-order valence-electron chi connectivity index (χ4n) is 3.73. The molecule has 0 aromatic rings. The number of aliphatic hydroxyl groups is 3. The van der Waals surface area contributed by atoms with Crippen LogP contribution in [0.4, 0.5) is 0 Å². The molecule has 21 nitrogen and oxygen atoms in total. The zero-order valence-electron chi connectivity index (χ0n) is 27.1. The Morgan fingerprint density at radius 1 is 0.625 bits per heavy atom. The largest absolute Gasteiger partial charge is 0.394 e. The minimum Gasteiger partial charge on any atom is -0.394 e. The molecule has 0 aliphatic heterocycles. The molecule has 8 amide bonds. The molecule has 0 aliphatic carbocycles. The van der Waals surface area contributed by atoms with Crippen LogP contribution in [0.3, 0.4) is 0 Å². The monoisotopic (exact) mass is 689 g/mol. The smallest absolute Gasteiger partial charge is 0.245 e. The van der Waals surface area contributed by atoms with Gasteiger partial charge in [0.25, 0.3) is 0 Å². The molecule has 0 radical (unpaired) electrons. The standard InChI is InChI=1S/C27H47N9O12/c1-5-12(2)20(27(48)31-14(4)22(43)34-16(9-38)23(44)30-6-7-37)36-26(47)18(11-40)35-24(45)15(8-19(29)41)32-25(46)17(10-39)33-21(42)13(3)28/h7,12-18,20,38-40H,5-6,8-11,28H2,1-4H3,(H2,29,41)(H,30,44)(H,31,48)(H,32,46)(H,33,42)(H,34,43)(H,35,45)(H,36,47)/t12-,13-,14-,15-,16-,17-,18-,20-/m0/s1. The number of nitrogens with one attached hydrogen (secondary N) is 7. The molecule has 0 aromatic carbocycles. The van der Waals surface area contributed by atoms with E-state index in [1.54, 1.807) is 13.8 Å². The Balaban J connectivity index is 5.72. The van der Waals surface area contributed by atoms with Gasteiger partial charge in [0, 0.05) is 0 Å². The molecule has 0 heterocycles.